The van der Waals surface area contributed by atoms with Crippen molar-refractivity contribution in [1.82, 2.24) is 14.8 Å². The number of amides is 1. The lowest BCUT2D eigenvalue weighted by Crippen LogP contribution is -2.37. The van der Waals surface area contributed by atoms with Crippen molar-refractivity contribution in [2.24, 2.45) is 0 Å². The van der Waals surface area contributed by atoms with E-state index in [2.05, 4.69) is 42.5 Å². The van der Waals surface area contributed by atoms with Crippen LogP contribution in [0.4, 0.5) is 0 Å². The molecule has 0 N–H and O–H groups in total. The minimum absolute atomic E-state index is 0.119. The Morgan fingerprint density at radius 2 is 1.96 bits per heavy atom. The molecular formula is C20H25N3O. The smallest absolute Gasteiger partial charge is 0.237 e. The Morgan fingerprint density at radius 3 is 2.71 bits per heavy atom. The van der Waals surface area contributed by atoms with Crippen molar-refractivity contribution < 1.29 is 4.79 Å². The van der Waals surface area contributed by atoms with Crippen molar-refractivity contribution in [1.29, 1.82) is 0 Å². The van der Waals surface area contributed by atoms with Gasteiger partial charge in [0.2, 0.25) is 5.91 Å². The average molecular weight is 323 g/mol. The first-order chi connectivity index (χ1) is 11.6. The van der Waals surface area contributed by atoms with Gasteiger partial charge in [0.1, 0.15) is 0 Å². The Hall–Kier alpha value is -2.20. The van der Waals surface area contributed by atoms with Crippen molar-refractivity contribution in [3.8, 4) is 0 Å². The summed E-state index contributed by atoms with van der Waals surface area (Å²) in [6, 6.07) is 16.7. The van der Waals surface area contributed by atoms with Crippen LogP contribution in [-0.2, 0) is 11.2 Å². The second kappa shape index (κ2) is 7.58. The lowest BCUT2D eigenvalue weighted by molar-refractivity contribution is -0.132. The van der Waals surface area contributed by atoms with Crippen LogP contribution in [0.1, 0.15) is 35.8 Å². The third kappa shape index (κ3) is 4.01. The van der Waals surface area contributed by atoms with E-state index in [1.165, 1.54) is 5.56 Å². The third-order valence-electron chi connectivity index (χ3n) is 4.42. The molecule has 0 spiro atoms. The number of nitrogens with zero attached hydrogens (tertiary/aromatic N) is 3. The van der Waals surface area contributed by atoms with Gasteiger partial charge in [0, 0.05) is 18.7 Å². The average Bonchev–Trinajstić information content (AvgIpc) is 3.05. The fraction of sp³-hybridized carbons (Fsp3) is 0.400. The van der Waals surface area contributed by atoms with Crippen molar-refractivity contribution in [2.75, 3.05) is 27.2 Å². The summed E-state index contributed by atoms with van der Waals surface area (Å²) in [6.07, 6.45) is 2.88. The summed E-state index contributed by atoms with van der Waals surface area (Å²) in [5, 5.41) is 0. The Balaban J connectivity index is 1.76. The molecule has 1 aromatic heterocycles. The molecule has 1 atom stereocenters. The van der Waals surface area contributed by atoms with E-state index in [4.69, 9.17) is 4.98 Å². The van der Waals surface area contributed by atoms with E-state index < -0.39 is 0 Å². The maximum Gasteiger partial charge on any atom is 0.237 e. The predicted octanol–water partition coefficient (Wildman–Crippen LogP) is 2.90. The van der Waals surface area contributed by atoms with Gasteiger partial charge in [-0.3, -0.25) is 9.78 Å². The first-order valence-corrected chi connectivity index (χ1v) is 8.57. The fourth-order valence-electron chi connectivity index (χ4n) is 3.32. The number of rotatable bonds is 5. The van der Waals surface area contributed by atoms with Crippen LogP contribution in [-0.4, -0.2) is 47.9 Å². The maximum absolute atomic E-state index is 12.5. The number of pyridine rings is 1. The van der Waals surface area contributed by atoms with Gasteiger partial charge in [-0.1, -0.05) is 36.4 Å². The molecule has 2 heterocycles. The van der Waals surface area contributed by atoms with Crippen LogP contribution < -0.4 is 0 Å². The van der Waals surface area contributed by atoms with Crippen LogP contribution in [0.3, 0.4) is 0 Å². The number of carbonyl (C=O) groups is 1. The van der Waals surface area contributed by atoms with Crippen LogP contribution >= 0.6 is 0 Å². The molecule has 126 valence electrons. The molecule has 0 saturated carbocycles. The van der Waals surface area contributed by atoms with E-state index >= 15 is 0 Å². The molecular weight excluding hydrogens is 298 g/mol. The molecule has 1 saturated heterocycles. The van der Waals surface area contributed by atoms with Gasteiger partial charge >= 0.3 is 0 Å². The zero-order valence-corrected chi connectivity index (χ0v) is 14.5. The molecule has 3 rings (SSSR count). The van der Waals surface area contributed by atoms with Crippen LogP contribution in [0.15, 0.2) is 48.5 Å². The minimum atomic E-state index is 0.119. The number of carbonyl (C=O) groups excluding carboxylic acids is 1. The van der Waals surface area contributed by atoms with E-state index in [-0.39, 0.29) is 11.9 Å². The summed E-state index contributed by atoms with van der Waals surface area (Å²) in [6.45, 7) is 1.29. The zero-order valence-electron chi connectivity index (χ0n) is 14.5. The lowest BCUT2D eigenvalue weighted by Gasteiger charge is -2.26. The highest BCUT2D eigenvalue weighted by atomic mass is 16.2. The summed E-state index contributed by atoms with van der Waals surface area (Å²) in [4.78, 5) is 21.2. The van der Waals surface area contributed by atoms with Gasteiger partial charge in [0.15, 0.2) is 0 Å². The molecule has 24 heavy (non-hydrogen) atoms. The molecule has 2 aromatic rings. The Labute approximate surface area is 144 Å². The molecule has 0 radical (unpaired) electrons. The number of aromatic nitrogens is 1. The molecule has 1 aromatic carbocycles. The quantitative estimate of drug-likeness (QED) is 0.849. The summed E-state index contributed by atoms with van der Waals surface area (Å²) in [5.74, 6) is 0.192. The third-order valence-corrected chi connectivity index (χ3v) is 4.42. The molecule has 1 amide bonds. The molecule has 0 aliphatic carbocycles. The monoisotopic (exact) mass is 323 g/mol. The van der Waals surface area contributed by atoms with Gasteiger partial charge in [-0.05, 0) is 44.6 Å². The minimum Gasteiger partial charge on any atom is -0.333 e. The number of benzene rings is 1. The number of likely N-dealkylation sites (N-methyl/N-ethyl adjacent to an activating group) is 1. The predicted molar refractivity (Wildman–Crippen MR) is 95.7 cm³/mol. The van der Waals surface area contributed by atoms with E-state index in [0.29, 0.717) is 6.54 Å². The molecule has 0 bridgehead atoms. The van der Waals surface area contributed by atoms with Gasteiger partial charge in [0.05, 0.1) is 18.3 Å². The summed E-state index contributed by atoms with van der Waals surface area (Å²) in [5.41, 5.74) is 3.34. The summed E-state index contributed by atoms with van der Waals surface area (Å²) >= 11 is 0. The van der Waals surface area contributed by atoms with E-state index in [0.717, 1.165) is 37.2 Å². The van der Waals surface area contributed by atoms with Gasteiger partial charge in [0.25, 0.3) is 0 Å². The van der Waals surface area contributed by atoms with Crippen LogP contribution in [0, 0.1) is 0 Å². The number of hydrogen-bond acceptors (Lipinski definition) is 3. The van der Waals surface area contributed by atoms with Gasteiger partial charge in [-0.25, -0.2) is 0 Å². The van der Waals surface area contributed by atoms with E-state index in [1.54, 1.807) is 0 Å². The van der Waals surface area contributed by atoms with Crippen LogP contribution in [0.5, 0.6) is 0 Å². The highest BCUT2D eigenvalue weighted by Gasteiger charge is 2.30. The van der Waals surface area contributed by atoms with E-state index in [1.807, 2.05) is 30.0 Å². The topological polar surface area (TPSA) is 36.4 Å². The molecule has 4 nitrogen and oxygen atoms in total. The lowest BCUT2D eigenvalue weighted by atomic mass is 10.1. The number of hydrogen-bond donors (Lipinski definition) is 0. The Bertz CT molecular complexity index is 684. The normalized spacial score (nSPS) is 17.5. The van der Waals surface area contributed by atoms with Crippen LogP contribution in [0.2, 0.25) is 0 Å². The first-order valence-electron chi connectivity index (χ1n) is 8.57. The van der Waals surface area contributed by atoms with Crippen LogP contribution in [0.25, 0.3) is 0 Å². The summed E-state index contributed by atoms with van der Waals surface area (Å²) < 4.78 is 0. The first kappa shape index (κ1) is 16.7. The molecule has 4 heteroatoms. The molecule has 1 aliphatic heterocycles. The Kier molecular flexibility index (Phi) is 5.26. The second-order valence-electron chi connectivity index (χ2n) is 6.70. The molecule has 0 unspecified atom stereocenters. The molecule has 1 fully saturated rings. The maximum atomic E-state index is 12.5. The summed E-state index contributed by atoms with van der Waals surface area (Å²) in [7, 11) is 3.86. The van der Waals surface area contributed by atoms with Gasteiger partial charge < -0.3 is 9.80 Å². The van der Waals surface area contributed by atoms with Gasteiger partial charge in [-0.15, -0.1) is 0 Å². The van der Waals surface area contributed by atoms with Crippen molar-refractivity contribution in [2.45, 2.75) is 25.3 Å². The Morgan fingerprint density at radius 1 is 1.17 bits per heavy atom. The van der Waals surface area contributed by atoms with Crippen molar-refractivity contribution >= 4 is 5.91 Å². The largest absolute Gasteiger partial charge is 0.333 e. The van der Waals surface area contributed by atoms with E-state index in [9.17, 15) is 4.79 Å². The SMILES string of the molecule is CN(C)CC(=O)N1CCC[C@H]1c1cccc(Cc2ccccc2)n1. The van der Waals surface area contributed by atoms with Crippen molar-refractivity contribution in [3.05, 3.63) is 65.5 Å². The zero-order chi connectivity index (χ0) is 16.9. The molecule has 1 aliphatic rings. The standard InChI is InChI=1S/C20H25N3O/c1-22(2)15-20(24)23-13-7-12-19(23)18-11-6-10-17(21-18)14-16-8-4-3-5-9-16/h3-6,8-11,19H,7,12-15H2,1-2H3/t19-/m0/s1. The highest BCUT2D eigenvalue weighted by Crippen LogP contribution is 2.31. The fourth-order valence-corrected chi connectivity index (χ4v) is 3.32. The van der Waals surface area contributed by atoms with Gasteiger partial charge in [-0.2, -0.15) is 0 Å². The number of likely N-dealkylation sites (tertiary alicyclic amines) is 1. The second-order valence-corrected chi connectivity index (χ2v) is 6.70. The highest BCUT2D eigenvalue weighted by molar-refractivity contribution is 5.79. The van der Waals surface area contributed by atoms with Crippen molar-refractivity contribution in [3.63, 3.8) is 0 Å².